The molecule has 11 rings (SSSR count). The van der Waals surface area contributed by atoms with E-state index in [-0.39, 0.29) is 41.2 Å². The Balaban J connectivity index is 0.944. The summed E-state index contributed by atoms with van der Waals surface area (Å²) >= 11 is 0. The number of aromatic nitrogens is 4. The predicted molar refractivity (Wildman–Crippen MR) is 222 cm³/mol. The molecular weight excluding hydrogens is 753 g/mol. The monoisotopic (exact) mass is 798 g/mol. The Kier molecular flexibility index (Phi) is 9.01. The molecule has 4 aliphatic rings. The van der Waals surface area contributed by atoms with Gasteiger partial charge in [0.05, 0.1) is 39.7 Å². The highest BCUT2D eigenvalue weighted by molar-refractivity contribution is 5.83. The van der Waals surface area contributed by atoms with Crippen LogP contribution in [0.2, 0.25) is 0 Å². The van der Waals surface area contributed by atoms with E-state index in [9.17, 15) is 0 Å². The zero-order chi connectivity index (χ0) is 39.8. The Hall–Kier alpha value is -5.30. The lowest BCUT2D eigenvalue weighted by Crippen LogP contribution is -2.40. The van der Waals surface area contributed by atoms with Crippen molar-refractivity contribution < 1.29 is 17.6 Å². The smallest absolute Gasteiger partial charge is 0.149 e. The van der Waals surface area contributed by atoms with E-state index in [1.54, 1.807) is 17.0 Å². The van der Waals surface area contributed by atoms with Crippen molar-refractivity contribution in [1.82, 2.24) is 35.9 Å². The summed E-state index contributed by atoms with van der Waals surface area (Å²) in [5, 5.41) is 12.8. The van der Waals surface area contributed by atoms with Crippen molar-refractivity contribution in [1.29, 1.82) is 0 Å². The molecule has 5 aromatic carbocycles. The van der Waals surface area contributed by atoms with Gasteiger partial charge in [-0.3, -0.25) is 5.32 Å². The summed E-state index contributed by atoms with van der Waals surface area (Å²) in [5.74, 6) is -0.624. The van der Waals surface area contributed by atoms with E-state index < -0.39 is 34.8 Å². The summed E-state index contributed by atoms with van der Waals surface area (Å²) in [5.41, 5.74) is 2.97. The topological polar surface area (TPSA) is 96.7 Å². The van der Waals surface area contributed by atoms with Gasteiger partial charge in [-0.25, -0.2) is 27.5 Å². The lowest BCUT2D eigenvalue weighted by atomic mass is 9.80. The Morgan fingerprint density at radius 1 is 0.610 bits per heavy atom. The molecule has 0 unspecified atom stereocenters. The van der Waals surface area contributed by atoms with E-state index in [1.807, 2.05) is 12.1 Å². The summed E-state index contributed by atoms with van der Waals surface area (Å²) in [6.45, 7) is 2.77. The van der Waals surface area contributed by atoms with Crippen LogP contribution in [0.1, 0.15) is 109 Å². The fourth-order valence-electron chi connectivity index (χ4n) is 10.5. The molecule has 0 bridgehead atoms. The minimum Gasteiger partial charge on any atom is -0.367 e. The second-order valence-electron chi connectivity index (χ2n) is 17.1. The van der Waals surface area contributed by atoms with Crippen LogP contribution in [-0.4, -0.2) is 46.1 Å². The molecule has 2 aromatic heterocycles. The zero-order valence-electron chi connectivity index (χ0n) is 32.7. The molecule has 4 aliphatic heterocycles. The zero-order valence-corrected chi connectivity index (χ0v) is 32.7. The van der Waals surface area contributed by atoms with E-state index >= 15 is 17.6 Å². The van der Waals surface area contributed by atoms with Crippen molar-refractivity contribution in [3.63, 3.8) is 0 Å². The third kappa shape index (κ3) is 6.38. The highest BCUT2D eigenvalue weighted by Gasteiger charge is 2.46. The number of aromatic amines is 2. The molecule has 12 heteroatoms. The molecule has 0 amide bonds. The van der Waals surface area contributed by atoms with E-state index in [2.05, 4.69) is 61.2 Å². The molecule has 0 aliphatic carbocycles. The number of nitrogens with zero attached hydrogens (tertiary/aromatic N) is 3. The molecule has 4 fully saturated rings. The van der Waals surface area contributed by atoms with Crippen molar-refractivity contribution in [2.24, 2.45) is 0 Å². The van der Waals surface area contributed by atoms with Gasteiger partial charge in [0.15, 0.2) is 0 Å². The molecule has 59 heavy (non-hydrogen) atoms. The van der Waals surface area contributed by atoms with Crippen LogP contribution >= 0.6 is 0 Å². The van der Waals surface area contributed by atoms with Crippen LogP contribution in [-0.2, 0) is 5.54 Å². The number of nitrogens with one attached hydrogen (secondary N) is 5. The van der Waals surface area contributed by atoms with Crippen molar-refractivity contribution in [2.75, 3.05) is 31.1 Å². The summed E-state index contributed by atoms with van der Waals surface area (Å²) in [6.07, 6.45) is 6.08. The largest absolute Gasteiger partial charge is 0.367 e. The van der Waals surface area contributed by atoms with Crippen LogP contribution in [0.5, 0.6) is 0 Å². The second-order valence-corrected chi connectivity index (χ2v) is 17.1. The SMILES string of the molecule is Fc1cc2nc([C@@H]3CCCN3)[nH]c2cc1[C@@H]1CC[C@@](c2cc(F)c(N3CCC(c4ccc5ccccc5c4)CC3)c(F)c2)(c2cc3[nH]c([C@@H]4CCCN4)nc3cc2F)N1. The van der Waals surface area contributed by atoms with Gasteiger partial charge in [0, 0.05) is 42.4 Å². The minimum atomic E-state index is -1.39. The van der Waals surface area contributed by atoms with Gasteiger partial charge in [0.25, 0.3) is 0 Å². The van der Waals surface area contributed by atoms with Crippen molar-refractivity contribution in [3.05, 3.63) is 136 Å². The molecule has 4 atom stereocenters. The summed E-state index contributed by atoms with van der Waals surface area (Å²) in [4.78, 5) is 18.0. The fourth-order valence-corrected chi connectivity index (χ4v) is 10.5. The molecule has 302 valence electrons. The third-order valence-electron chi connectivity index (χ3n) is 13.6. The normalized spacial score (nSPS) is 24.1. The Labute approximate surface area is 339 Å². The average molecular weight is 799 g/mol. The van der Waals surface area contributed by atoms with Crippen LogP contribution in [0.3, 0.4) is 0 Å². The standard InChI is InChI=1S/C47H46F4N8/c48-33-24-42-40(54-45(56-42)38-7-3-15-52-38)22-31(33)37-11-14-47(58-37,32-23-41-43(25-34(32)49)57-46(55-41)39-8-4-16-53-39)30-20-35(50)44(36(51)21-30)59-17-12-27(13-18-59)29-10-9-26-5-1-2-6-28(26)19-29/h1-2,5-6,9-10,19-25,27,37-39,52-53,58H,3-4,7-8,11-18H2,(H,54,56)(H,55,57)/t37-,38-,39-,47+/m0/s1. The first kappa shape index (κ1) is 36.8. The van der Waals surface area contributed by atoms with Gasteiger partial charge in [-0.2, -0.15) is 0 Å². The number of benzene rings is 5. The molecule has 0 radical (unpaired) electrons. The number of fused-ring (bicyclic) bond motifs is 3. The quantitative estimate of drug-likeness (QED) is 0.103. The maximum absolute atomic E-state index is 16.7. The molecule has 8 nitrogen and oxygen atoms in total. The predicted octanol–water partition coefficient (Wildman–Crippen LogP) is 9.75. The third-order valence-corrected chi connectivity index (χ3v) is 13.6. The van der Waals surface area contributed by atoms with Gasteiger partial charge in [0.2, 0.25) is 0 Å². The van der Waals surface area contributed by atoms with E-state index in [1.165, 1.54) is 40.6 Å². The summed E-state index contributed by atoms with van der Waals surface area (Å²) < 4.78 is 66.1. The van der Waals surface area contributed by atoms with Crippen LogP contribution in [0.4, 0.5) is 23.2 Å². The summed E-state index contributed by atoms with van der Waals surface area (Å²) in [6, 6.07) is 23.3. The van der Waals surface area contributed by atoms with Gasteiger partial charge in [-0.15, -0.1) is 0 Å². The highest BCUT2D eigenvalue weighted by atomic mass is 19.1. The van der Waals surface area contributed by atoms with Gasteiger partial charge in [-0.05, 0) is 117 Å². The lowest BCUT2D eigenvalue weighted by molar-refractivity contribution is 0.413. The summed E-state index contributed by atoms with van der Waals surface area (Å²) in [7, 11) is 0. The van der Waals surface area contributed by atoms with E-state index in [0.29, 0.717) is 47.1 Å². The Morgan fingerprint density at radius 3 is 1.92 bits per heavy atom. The number of halogens is 4. The van der Waals surface area contributed by atoms with Gasteiger partial charge >= 0.3 is 0 Å². The Morgan fingerprint density at radius 2 is 1.25 bits per heavy atom. The van der Waals surface area contributed by atoms with Gasteiger partial charge in [-0.1, -0.05) is 42.5 Å². The van der Waals surface area contributed by atoms with Crippen molar-refractivity contribution in [2.45, 2.75) is 80.9 Å². The van der Waals surface area contributed by atoms with Gasteiger partial charge < -0.3 is 25.5 Å². The molecule has 5 N–H and O–H groups in total. The molecule has 6 heterocycles. The number of H-pyrrole nitrogens is 2. The first-order valence-corrected chi connectivity index (χ1v) is 21.2. The number of piperidine rings is 1. The molecule has 0 saturated carbocycles. The number of rotatable bonds is 7. The minimum absolute atomic E-state index is 0.0376. The van der Waals surface area contributed by atoms with Crippen LogP contribution in [0, 0.1) is 23.3 Å². The maximum Gasteiger partial charge on any atom is 0.149 e. The molecular formula is C47H46F4N8. The Bertz CT molecular complexity index is 2700. The fraction of sp³-hybridized carbons (Fsp3) is 0.362. The van der Waals surface area contributed by atoms with Crippen molar-refractivity contribution in [3.8, 4) is 0 Å². The van der Waals surface area contributed by atoms with Crippen LogP contribution in [0.15, 0.2) is 78.9 Å². The first-order chi connectivity index (χ1) is 28.8. The first-order valence-electron chi connectivity index (χ1n) is 21.2. The van der Waals surface area contributed by atoms with Crippen LogP contribution < -0.4 is 20.9 Å². The number of hydrogen-bond donors (Lipinski definition) is 5. The number of imidazole rings is 2. The lowest BCUT2D eigenvalue weighted by Gasteiger charge is -2.36. The average Bonchev–Trinajstić information content (AvgIpc) is 4.10. The number of anilines is 1. The van der Waals surface area contributed by atoms with Crippen molar-refractivity contribution >= 4 is 38.5 Å². The van der Waals surface area contributed by atoms with Gasteiger partial charge in [0.1, 0.15) is 40.6 Å². The van der Waals surface area contributed by atoms with E-state index in [4.69, 9.17) is 4.98 Å². The molecule has 0 spiro atoms. The highest BCUT2D eigenvalue weighted by Crippen LogP contribution is 2.48. The molecule has 7 aromatic rings. The van der Waals surface area contributed by atoms with Crippen LogP contribution in [0.25, 0.3) is 32.8 Å². The maximum atomic E-state index is 16.7. The second kappa shape index (κ2) is 14.5. The van der Waals surface area contributed by atoms with E-state index in [0.717, 1.165) is 63.3 Å². The molecule has 4 saturated heterocycles. The number of hydrogen-bond acceptors (Lipinski definition) is 6.